The van der Waals surface area contributed by atoms with Gasteiger partial charge in [-0.25, -0.2) is 0 Å². The summed E-state index contributed by atoms with van der Waals surface area (Å²) >= 11 is 5.48. The number of alkyl halides is 1. The monoisotopic (exact) mass is 144 g/mol. The normalized spacial score (nSPS) is 11.1. The molecule has 0 amide bonds. The predicted molar refractivity (Wildman–Crippen MR) is 43.8 cm³/mol. The summed E-state index contributed by atoms with van der Waals surface area (Å²) in [6.07, 6.45) is 4.06. The fourth-order valence-electron chi connectivity index (χ4n) is 0.373. The van der Waals surface area contributed by atoms with E-state index < -0.39 is 0 Å². The van der Waals surface area contributed by atoms with Crippen LogP contribution in [0, 0.1) is 5.92 Å². The van der Waals surface area contributed by atoms with Crippen molar-refractivity contribution < 1.29 is 0 Å². The van der Waals surface area contributed by atoms with Gasteiger partial charge in [0.2, 0.25) is 0 Å². The smallest absolute Gasteiger partial charge is 0.0468 e. The topological polar surface area (TPSA) is 0 Å². The third-order valence-corrected chi connectivity index (χ3v) is 1.23. The maximum Gasteiger partial charge on any atom is 0.0468 e. The number of rotatable bonds is 3. The molecule has 1 heteroatoms. The van der Waals surface area contributed by atoms with Crippen molar-refractivity contribution in [2.45, 2.75) is 13.8 Å². The molecule has 0 heterocycles. The lowest BCUT2D eigenvalue weighted by molar-refractivity contribution is 0.831. The number of hydrogen-bond donors (Lipinski definition) is 0. The largest absolute Gasteiger partial charge is 0.122 e. The SMILES string of the molecule is C=C(C=CC(C)C)CCl. The molecule has 0 aliphatic heterocycles. The Bertz CT molecular complexity index is 112. The van der Waals surface area contributed by atoms with Crippen molar-refractivity contribution in [1.82, 2.24) is 0 Å². The van der Waals surface area contributed by atoms with Gasteiger partial charge in [0.1, 0.15) is 0 Å². The average molecular weight is 145 g/mol. The summed E-state index contributed by atoms with van der Waals surface area (Å²) in [7, 11) is 0. The van der Waals surface area contributed by atoms with E-state index in [9.17, 15) is 0 Å². The van der Waals surface area contributed by atoms with Crippen molar-refractivity contribution in [2.24, 2.45) is 5.92 Å². The zero-order chi connectivity index (χ0) is 7.28. The summed E-state index contributed by atoms with van der Waals surface area (Å²) in [6, 6.07) is 0. The third-order valence-electron chi connectivity index (χ3n) is 0.888. The van der Waals surface area contributed by atoms with Crippen molar-refractivity contribution in [3.63, 3.8) is 0 Å². The lowest BCUT2D eigenvalue weighted by Crippen LogP contribution is -1.79. The van der Waals surface area contributed by atoms with Gasteiger partial charge in [-0.1, -0.05) is 32.6 Å². The highest BCUT2D eigenvalue weighted by atomic mass is 35.5. The Morgan fingerprint density at radius 2 is 2.22 bits per heavy atom. The molecular weight excluding hydrogens is 132 g/mol. The Balaban J connectivity index is 3.57. The molecular formula is C8H13Cl. The molecule has 0 bridgehead atoms. The fraction of sp³-hybridized carbons (Fsp3) is 0.500. The van der Waals surface area contributed by atoms with E-state index in [1.165, 1.54) is 0 Å². The van der Waals surface area contributed by atoms with E-state index in [0.29, 0.717) is 11.8 Å². The van der Waals surface area contributed by atoms with Gasteiger partial charge in [0, 0.05) is 5.88 Å². The van der Waals surface area contributed by atoms with Crippen LogP contribution < -0.4 is 0 Å². The Hall–Kier alpha value is -0.230. The highest BCUT2D eigenvalue weighted by Crippen LogP contribution is 2.00. The summed E-state index contributed by atoms with van der Waals surface area (Å²) in [5, 5.41) is 0. The van der Waals surface area contributed by atoms with Gasteiger partial charge in [0.25, 0.3) is 0 Å². The molecule has 0 rings (SSSR count). The minimum atomic E-state index is 0.531. The van der Waals surface area contributed by atoms with Gasteiger partial charge in [-0.15, -0.1) is 11.6 Å². The second-order valence-corrected chi connectivity index (χ2v) is 2.66. The minimum absolute atomic E-state index is 0.531. The minimum Gasteiger partial charge on any atom is -0.122 e. The first-order chi connectivity index (χ1) is 4.16. The van der Waals surface area contributed by atoms with Gasteiger partial charge in [-0.2, -0.15) is 0 Å². The van der Waals surface area contributed by atoms with Crippen LogP contribution in [-0.4, -0.2) is 5.88 Å². The molecule has 0 aromatic rings. The van der Waals surface area contributed by atoms with E-state index in [4.69, 9.17) is 11.6 Å². The summed E-state index contributed by atoms with van der Waals surface area (Å²) in [4.78, 5) is 0. The van der Waals surface area contributed by atoms with Crippen LogP contribution in [0.2, 0.25) is 0 Å². The van der Waals surface area contributed by atoms with Gasteiger partial charge in [-0.05, 0) is 11.5 Å². The number of allylic oxidation sites excluding steroid dienone is 3. The van der Waals surface area contributed by atoms with E-state index >= 15 is 0 Å². The van der Waals surface area contributed by atoms with E-state index in [1.54, 1.807) is 0 Å². The van der Waals surface area contributed by atoms with Crippen LogP contribution in [0.1, 0.15) is 13.8 Å². The molecule has 0 atom stereocenters. The number of hydrogen-bond acceptors (Lipinski definition) is 0. The van der Waals surface area contributed by atoms with Crippen molar-refractivity contribution in [3.05, 3.63) is 24.3 Å². The van der Waals surface area contributed by atoms with Crippen LogP contribution in [-0.2, 0) is 0 Å². The van der Waals surface area contributed by atoms with Crippen molar-refractivity contribution in [1.29, 1.82) is 0 Å². The Kier molecular flexibility index (Phi) is 4.51. The van der Waals surface area contributed by atoms with Gasteiger partial charge in [-0.3, -0.25) is 0 Å². The average Bonchev–Trinajstić information content (AvgIpc) is 1.83. The molecule has 0 aliphatic rings. The standard InChI is InChI=1S/C8H13Cl/c1-7(2)4-5-8(3)6-9/h4-5,7H,3,6H2,1-2H3. The van der Waals surface area contributed by atoms with E-state index in [1.807, 2.05) is 6.08 Å². The van der Waals surface area contributed by atoms with Crippen molar-refractivity contribution in [2.75, 3.05) is 5.88 Å². The molecule has 0 fully saturated rings. The van der Waals surface area contributed by atoms with Crippen molar-refractivity contribution >= 4 is 11.6 Å². The zero-order valence-electron chi connectivity index (χ0n) is 6.02. The Morgan fingerprint density at radius 3 is 2.56 bits per heavy atom. The maximum atomic E-state index is 5.48. The van der Waals surface area contributed by atoms with E-state index in [2.05, 4.69) is 26.5 Å². The van der Waals surface area contributed by atoms with Gasteiger partial charge in [0.05, 0.1) is 0 Å². The lowest BCUT2D eigenvalue weighted by Gasteiger charge is -1.93. The second kappa shape index (κ2) is 4.63. The summed E-state index contributed by atoms with van der Waals surface area (Å²) in [5.41, 5.74) is 0.977. The molecule has 0 spiro atoms. The molecule has 0 saturated heterocycles. The zero-order valence-corrected chi connectivity index (χ0v) is 6.78. The molecule has 52 valence electrons. The highest BCUT2D eigenvalue weighted by Gasteiger charge is 1.85. The van der Waals surface area contributed by atoms with Crippen LogP contribution in [0.15, 0.2) is 24.3 Å². The summed E-state index contributed by atoms with van der Waals surface area (Å²) < 4.78 is 0. The fourth-order valence-corrected chi connectivity index (χ4v) is 0.462. The second-order valence-electron chi connectivity index (χ2n) is 2.40. The van der Waals surface area contributed by atoms with E-state index in [-0.39, 0.29) is 0 Å². The molecule has 0 N–H and O–H groups in total. The van der Waals surface area contributed by atoms with Crippen molar-refractivity contribution in [3.8, 4) is 0 Å². The first-order valence-corrected chi connectivity index (χ1v) is 3.62. The summed E-state index contributed by atoms with van der Waals surface area (Å²) in [6.45, 7) is 7.97. The molecule has 0 saturated carbocycles. The molecule has 0 radical (unpaired) electrons. The van der Waals surface area contributed by atoms with Crippen LogP contribution in [0.3, 0.4) is 0 Å². The number of halogens is 1. The molecule has 9 heavy (non-hydrogen) atoms. The quantitative estimate of drug-likeness (QED) is 0.422. The van der Waals surface area contributed by atoms with Gasteiger partial charge in [0.15, 0.2) is 0 Å². The lowest BCUT2D eigenvalue weighted by atomic mass is 10.2. The first kappa shape index (κ1) is 8.77. The van der Waals surface area contributed by atoms with Crippen LogP contribution in [0.5, 0.6) is 0 Å². The molecule has 0 unspecified atom stereocenters. The van der Waals surface area contributed by atoms with Crippen LogP contribution in [0.25, 0.3) is 0 Å². The Labute approximate surface area is 62.2 Å². The molecule has 0 aromatic carbocycles. The highest BCUT2D eigenvalue weighted by molar-refractivity contribution is 6.19. The van der Waals surface area contributed by atoms with Gasteiger partial charge >= 0.3 is 0 Å². The summed E-state index contributed by atoms with van der Waals surface area (Å²) in [5.74, 6) is 1.12. The Morgan fingerprint density at radius 1 is 1.67 bits per heavy atom. The molecule has 0 aromatic heterocycles. The van der Waals surface area contributed by atoms with E-state index in [0.717, 1.165) is 5.57 Å². The molecule has 0 aliphatic carbocycles. The third kappa shape index (κ3) is 5.64. The first-order valence-electron chi connectivity index (χ1n) is 3.08. The maximum absolute atomic E-state index is 5.48. The van der Waals surface area contributed by atoms with Crippen LogP contribution >= 0.6 is 11.6 Å². The molecule has 0 nitrogen and oxygen atoms in total. The van der Waals surface area contributed by atoms with Gasteiger partial charge < -0.3 is 0 Å². The predicted octanol–water partition coefficient (Wildman–Crippen LogP) is 2.99. The van der Waals surface area contributed by atoms with Crippen LogP contribution in [0.4, 0.5) is 0 Å².